The van der Waals surface area contributed by atoms with Crippen LogP contribution in [0.15, 0.2) is 18.2 Å². The smallest absolute Gasteiger partial charge is 0.136 e. The van der Waals surface area contributed by atoms with Crippen LogP contribution < -0.4 is 10.1 Å². The molecule has 0 amide bonds. The molecule has 20 heavy (non-hydrogen) atoms. The molecule has 0 radical (unpaired) electrons. The van der Waals surface area contributed by atoms with E-state index >= 15 is 0 Å². The summed E-state index contributed by atoms with van der Waals surface area (Å²) in [5.41, 5.74) is 2.04. The van der Waals surface area contributed by atoms with Crippen molar-refractivity contribution in [3.63, 3.8) is 0 Å². The van der Waals surface area contributed by atoms with Gasteiger partial charge in [0.2, 0.25) is 0 Å². The molecule has 4 nitrogen and oxygen atoms in total. The second-order valence-corrected chi connectivity index (χ2v) is 5.72. The number of ether oxygens (including phenoxy) is 1. The van der Waals surface area contributed by atoms with Crippen LogP contribution in [0.1, 0.15) is 30.4 Å². The van der Waals surface area contributed by atoms with Gasteiger partial charge in [-0.1, -0.05) is 6.07 Å². The van der Waals surface area contributed by atoms with E-state index in [-0.39, 0.29) is 0 Å². The lowest BCUT2D eigenvalue weighted by Crippen LogP contribution is -2.56. The summed E-state index contributed by atoms with van der Waals surface area (Å²) in [5.74, 6) is 0.639. The Morgan fingerprint density at radius 2 is 2.15 bits per heavy atom. The molecule has 1 saturated carbocycles. The van der Waals surface area contributed by atoms with Gasteiger partial charge in [0.15, 0.2) is 0 Å². The Hall–Kier alpha value is -1.57. The predicted molar refractivity (Wildman–Crippen MR) is 79.7 cm³/mol. The number of nitrogens with zero attached hydrogens (tertiary/aromatic N) is 2. The fourth-order valence-electron chi connectivity index (χ4n) is 2.76. The molecule has 4 heteroatoms. The van der Waals surface area contributed by atoms with E-state index in [0.29, 0.717) is 16.9 Å². The van der Waals surface area contributed by atoms with Crippen LogP contribution in [0, 0.1) is 11.3 Å². The maximum Gasteiger partial charge on any atom is 0.136 e. The molecular formula is C16H23N3O. The molecule has 108 valence electrons. The van der Waals surface area contributed by atoms with E-state index in [1.165, 1.54) is 19.3 Å². The van der Waals surface area contributed by atoms with E-state index in [0.717, 1.165) is 18.7 Å². The first-order chi connectivity index (χ1) is 9.61. The van der Waals surface area contributed by atoms with Crippen molar-refractivity contribution in [1.82, 2.24) is 10.2 Å². The van der Waals surface area contributed by atoms with E-state index in [9.17, 15) is 0 Å². The average Bonchev–Trinajstić information content (AvgIpc) is 2.40. The lowest BCUT2D eigenvalue weighted by atomic mass is 9.75. The molecule has 0 aromatic heterocycles. The van der Waals surface area contributed by atoms with Crippen molar-refractivity contribution in [2.45, 2.75) is 31.3 Å². The highest BCUT2D eigenvalue weighted by molar-refractivity contribution is 5.45. The van der Waals surface area contributed by atoms with E-state index in [1.54, 1.807) is 7.11 Å². The van der Waals surface area contributed by atoms with E-state index < -0.39 is 0 Å². The van der Waals surface area contributed by atoms with Gasteiger partial charge in [-0.25, -0.2) is 0 Å². The van der Waals surface area contributed by atoms with Gasteiger partial charge in [-0.2, -0.15) is 5.26 Å². The normalized spacial score (nSPS) is 16.6. The third-order valence-corrected chi connectivity index (χ3v) is 4.40. The Labute approximate surface area is 121 Å². The first-order valence-electron chi connectivity index (χ1n) is 7.06. The van der Waals surface area contributed by atoms with Gasteiger partial charge in [0.05, 0.1) is 12.7 Å². The van der Waals surface area contributed by atoms with Gasteiger partial charge in [0.1, 0.15) is 11.8 Å². The van der Waals surface area contributed by atoms with Crippen molar-refractivity contribution in [2.75, 3.05) is 27.7 Å². The minimum absolute atomic E-state index is 0.324. The zero-order valence-electron chi connectivity index (χ0n) is 12.6. The summed E-state index contributed by atoms with van der Waals surface area (Å²) in [6.45, 7) is 1.78. The van der Waals surface area contributed by atoms with Gasteiger partial charge in [-0.05, 0) is 51.1 Å². The van der Waals surface area contributed by atoms with Crippen molar-refractivity contribution in [1.29, 1.82) is 5.26 Å². The predicted octanol–water partition coefficient (Wildman–Crippen LogP) is 2.14. The summed E-state index contributed by atoms with van der Waals surface area (Å²) in [4.78, 5) is 2.33. The minimum atomic E-state index is 0.324. The number of nitriles is 1. The Balaban J connectivity index is 1.93. The lowest BCUT2D eigenvalue weighted by molar-refractivity contribution is 0.0598. The molecule has 0 atom stereocenters. The highest BCUT2D eigenvalue weighted by Gasteiger charge is 2.38. The van der Waals surface area contributed by atoms with Crippen LogP contribution in [0.5, 0.6) is 5.75 Å². The maximum atomic E-state index is 9.09. The Morgan fingerprint density at radius 1 is 1.40 bits per heavy atom. The van der Waals surface area contributed by atoms with Gasteiger partial charge in [-0.15, -0.1) is 0 Å². The molecule has 0 bridgehead atoms. The molecule has 1 aromatic rings. The molecule has 1 fully saturated rings. The second-order valence-electron chi connectivity index (χ2n) is 5.72. The van der Waals surface area contributed by atoms with Crippen molar-refractivity contribution in [3.8, 4) is 11.8 Å². The van der Waals surface area contributed by atoms with Crippen molar-refractivity contribution >= 4 is 0 Å². The average molecular weight is 273 g/mol. The molecule has 0 heterocycles. The Morgan fingerprint density at radius 3 is 2.65 bits per heavy atom. The van der Waals surface area contributed by atoms with Crippen molar-refractivity contribution in [2.24, 2.45) is 0 Å². The fraction of sp³-hybridized carbons (Fsp3) is 0.562. The third kappa shape index (κ3) is 2.95. The highest BCUT2D eigenvalue weighted by Crippen LogP contribution is 2.35. The van der Waals surface area contributed by atoms with Gasteiger partial charge >= 0.3 is 0 Å². The molecule has 0 spiro atoms. The van der Waals surface area contributed by atoms with E-state index in [1.807, 2.05) is 18.2 Å². The molecular weight excluding hydrogens is 250 g/mol. The summed E-state index contributed by atoms with van der Waals surface area (Å²) >= 11 is 0. The number of rotatable bonds is 6. The summed E-state index contributed by atoms with van der Waals surface area (Å²) < 4.78 is 5.16. The molecule has 1 aromatic carbocycles. The summed E-state index contributed by atoms with van der Waals surface area (Å²) in [6, 6.07) is 7.94. The zero-order valence-corrected chi connectivity index (χ0v) is 12.6. The molecule has 1 N–H and O–H groups in total. The molecule has 1 aliphatic rings. The number of hydrogen-bond acceptors (Lipinski definition) is 4. The monoisotopic (exact) mass is 273 g/mol. The van der Waals surface area contributed by atoms with Crippen LogP contribution in [0.25, 0.3) is 0 Å². The quantitative estimate of drug-likeness (QED) is 0.862. The number of benzene rings is 1. The SMILES string of the molecule is COc1ccc(CNCC2(N(C)C)CCC2)cc1C#N. The molecule has 0 aliphatic heterocycles. The summed E-state index contributed by atoms with van der Waals surface area (Å²) in [7, 11) is 5.90. The third-order valence-electron chi connectivity index (χ3n) is 4.40. The number of likely N-dealkylation sites (N-methyl/N-ethyl adjacent to an activating group) is 1. The Kier molecular flexibility index (Phi) is 4.64. The van der Waals surface area contributed by atoms with Gasteiger partial charge in [0.25, 0.3) is 0 Å². The van der Waals surface area contributed by atoms with Crippen LogP contribution >= 0.6 is 0 Å². The molecule has 1 aliphatic carbocycles. The number of hydrogen-bond donors (Lipinski definition) is 1. The maximum absolute atomic E-state index is 9.09. The standard InChI is InChI=1S/C16H23N3O/c1-19(2)16(7-4-8-16)12-18-11-13-5-6-15(20-3)14(9-13)10-17/h5-6,9,18H,4,7-8,11-12H2,1-3H3. The van der Waals surface area contributed by atoms with Crippen molar-refractivity contribution in [3.05, 3.63) is 29.3 Å². The molecule has 0 unspecified atom stereocenters. The highest BCUT2D eigenvalue weighted by atomic mass is 16.5. The van der Waals surface area contributed by atoms with E-state index in [4.69, 9.17) is 10.00 Å². The first kappa shape index (κ1) is 14.8. The second kappa shape index (κ2) is 6.25. The molecule has 2 rings (SSSR count). The lowest BCUT2D eigenvalue weighted by Gasteiger charge is -2.47. The zero-order chi connectivity index (χ0) is 14.6. The van der Waals surface area contributed by atoms with E-state index in [2.05, 4.69) is 30.4 Å². The van der Waals surface area contributed by atoms with Crippen LogP contribution in [0.2, 0.25) is 0 Å². The topological polar surface area (TPSA) is 48.3 Å². The van der Waals surface area contributed by atoms with Crippen molar-refractivity contribution < 1.29 is 4.74 Å². The van der Waals surface area contributed by atoms with Crippen LogP contribution in [0.3, 0.4) is 0 Å². The minimum Gasteiger partial charge on any atom is -0.495 e. The fourth-order valence-corrected chi connectivity index (χ4v) is 2.76. The Bertz CT molecular complexity index is 501. The summed E-state index contributed by atoms with van der Waals surface area (Å²) in [6.07, 6.45) is 3.85. The largest absolute Gasteiger partial charge is 0.495 e. The first-order valence-corrected chi connectivity index (χ1v) is 7.06. The van der Waals surface area contributed by atoms with Crippen LogP contribution in [-0.2, 0) is 6.54 Å². The van der Waals surface area contributed by atoms with Gasteiger partial charge < -0.3 is 15.0 Å². The van der Waals surface area contributed by atoms with Crippen LogP contribution in [0.4, 0.5) is 0 Å². The summed E-state index contributed by atoms with van der Waals surface area (Å²) in [5, 5.41) is 12.6. The van der Waals surface area contributed by atoms with Crippen LogP contribution in [-0.4, -0.2) is 38.2 Å². The van der Waals surface area contributed by atoms with Gasteiger partial charge in [-0.3, -0.25) is 0 Å². The van der Waals surface area contributed by atoms with Gasteiger partial charge in [0, 0.05) is 18.6 Å². The molecule has 0 saturated heterocycles. The number of methoxy groups -OCH3 is 1. The number of nitrogens with one attached hydrogen (secondary N) is 1.